The Balaban J connectivity index is 1.93. The molecule has 0 radical (unpaired) electrons. The van der Waals surface area contributed by atoms with Crippen LogP contribution in [0.15, 0.2) is 0 Å². The summed E-state index contributed by atoms with van der Waals surface area (Å²) in [5.41, 5.74) is 0.706. The minimum absolute atomic E-state index is 0.583. The topological polar surface area (TPSA) is 9.23 Å². The van der Waals surface area contributed by atoms with Crippen LogP contribution in [0.1, 0.15) is 19.3 Å². The number of rotatable bonds is 2. The van der Waals surface area contributed by atoms with Gasteiger partial charge in [-0.2, -0.15) is 0 Å². The van der Waals surface area contributed by atoms with Crippen molar-refractivity contribution in [2.24, 2.45) is 0 Å². The van der Waals surface area contributed by atoms with Crippen molar-refractivity contribution in [2.75, 3.05) is 5.52 Å². The lowest BCUT2D eigenvalue weighted by atomic mass is 9.96. The first-order chi connectivity index (χ1) is 3.43. The third-order valence-corrected chi connectivity index (χ3v) is 1.62. The summed E-state index contributed by atoms with van der Waals surface area (Å²) in [5, 5.41) is 0. The summed E-state index contributed by atoms with van der Waals surface area (Å²) in [7, 11) is 0. The Bertz CT molecular complexity index is 52.0. The first kappa shape index (κ1) is 5.57. The van der Waals surface area contributed by atoms with Gasteiger partial charge in [0.05, 0.1) is 6.10 Å². The van der Waals surface area contributed by atoms with Crippen LogP contribution in [0.25, 0.3) is 0 Å². The summed E-state index contributed by atoms with van der Waals surface area (Å²) in [6, 6.07) is 0. The van der Waals surface area contributed by atoms with Gasteiger partial charge in [0.1, 0.15) is 5.52 Å². The quantitative estimate of drug-likeness (QED) is 0.568. The van der Waals surface area contributed by atoms with Gasteiger partial charge >= 0.3 is 0 Å². The Morgan fingerprint density at radius 2 is 2.29 bits per heavy atom. The lowest BCUT2D eigenvalue weighted by Crippen LogP contribution is -2.20. The molecule has 1 rings (SSSR count). The second-order valence-corrected chi connectivity index (χ2v) is 2.29. The summed E-state index contributed by atoms with van der Waals surface area (Å²) in [4.78, 5) is 0. The molecular formula is C5H9BrO. The van der Waals surface area contributed by atoms with Gasteiger partial charge in [0, 0.05) is 0 Å². The summed E-state index contributed by atoms with van der Waals surface area (Å²) < 4.78 is 5.19. The molecule has 0 amide bonds. The van der Waals surface area contributed by atoms with E-state index < -0.39 is 0 Å². The minimum Gasteiger partial charge on any atom is -0.367 e. The molecule has 0 heterocycles. The number of alkyl halides is 1. The molecule has 0 saturated heterocycles. The molecular weight excluding hydrogens is 156 g/mol. The standard InChI is InChI=1S/C5H9BrO/c6-4-7-5-2-1-3-5/h5H,1-4H2. The van der Waals surface area contributed by atoms with Gasteiger partial charge in [0.2, 0.25) is 0 Å². The van der Waals surface area contributed by atoms with Gasteiger partial charge in [-0.15, -0.1) is 0 Å². The van der Waals surface area contributed by atoms with Crippen LogP contribution in [-0.4, -0.2) is 11.6 Å². The minimum atomic E-state index is 0.583. The van der Waals surface area contributed by atoms with Crippen LogP contribution in [0.4, 0.5) is 0 Å². The second-order valence-electron chi connectivity index (χ2n) is 1.83. The number of hydrogen-bond donors (Lipinski definition) is 0. The van der Waals surface area contributed by atoms with Crippen LogP contribution < -0.4 is 0 Å². The monoisotopic (exact) mass is 164 g/mol. The van der Waals surface area contributed by atoms with E-state index in [1.54, 1.807) is 0 Å². The van der Waals surface area contributed by atoms with Crippen molar-refractivity contribution in [1.29, 1.82) is 0 Å². The fourth-order valence-electron chi connectivity index (χ4n) is 0.627. The van der Waals surface area contributed by atoms with E-state index in [2.05, 4.69) is 15.9 Å². The molecule has 1 aliphatic rings. The molecule has 0 atom stereocenters. The SMILES string of the molecule is BrCOC1CCC1. The molecule has 0 N–H and O–H groups in total. The van der Waals surface area contributed by atoms with Gasteiger partial charge in [-0.05, 0) is 19.3 Å². The number of ether oxygens (including phenoxy) is 1. The molecule has 0 bridgehead atoms. The van der Waals surface area contributed by atoms with E-state index in [1.807, 2.05) is 0 Å². The molecule has 0 aromatic rings. The van der Waals surface area contributed by atoms with Crippen molar-refractivity contribution in [3.63, 3.8) is 0 Å². The molecule has 0 spiro atoms. The van der Waals surface area contributed by atoms with E-state index in [9.17, 15) is 0 Å². The Morgan fingerprint density at radius 3 is 2.43 bits per heavy atom. The van der Waals surface area contributed by atoms with Crippen molar-refractivity contribution >= 4 is 15.9 Å². The van der Waals surface area contributed by atoms with Crippen molar-refractivity contribution in [2.45, 2.75) is 25.4 Å². The maximum Gasteiger partial charge on any atom is 0.102 e. The Hall–Kier alpha value is 0.440. The molecule has 1 fully saturated rings. The van der Waals surface area contributed by atoms with Gasteiger partial charge in [0.15, 0.2) is 0 Å². The smallest absolute Gasteiger partial charge is 0.102 e. The third-order valence-electron chi connectivity index (χ3n) is 1.35. The van der Waals surface area contributed by atoms with E-state index >= 15 is 0 Å². The average molecular weight is 165 g/mol. The van der Waals surface area contributed by atoms with Gasteiger partial charge in [-0.3, -0.25) is 0 Å². The lowest BCUT2D eigenvalue weighted by Gasteiger charge is -2.23. The summed E-state index contributed by atoms with van der Waals surface area (Å²) in [5.74, 6) is 0. The van der Waals surface area contributed by atoms with Gasteiger partial charge in [-0.1, -0.05) is 15.9 Å². The molecule has 7 heavy (non-hydrogen) atoms. The fourth-order valence-corrected chi connectivity index (χ4v) is 1.00. The fraction of sp³-hybridized carbons (Fsp3) is 1.00. The van der Waals surface area contributed by atoms with Crippen molar-refractivity contribution in [1.82, 2.24) is 0 Å². The van der Waals surface area contributed by atoms with Crippen LogP contribution in [0, 0.1) is 0 Å². The van der Waals surface area contributed by atoms with Gasteiger partial charge < -0.3 is 4.74 Å². The molecule has 0 aromatic carbocycles. The molecule has 0 aliphatic heterocycles. The Labute approximate surface area is 52.2 Å². The highest BCUT2D eigenvalue weighted by Gasteiger charge is 2.16. The highest BCUT2D eigenvalue weighted by atomic mass is 79.9. The largest absolute Gasteiger partial charge is 0.367 e. The molecule has 1 saturated carbocycles. The number of halogens is 1. The maximum absolute atomic E-state index is 5.19. The van der Waals surface area contributed by atoms with Crippen LogP contribution in [-0.2, 0) is 4.74 Å². The number of hydrogen-bond acceptors (Lipinski definition) is 1. The zero-order chi connectivity index (χ0) is 5.11. The predicted molar refractivity (Wildman–Crippen MR) is 32.5 cm³/mol. The van der Waals surface area contributed by atoms with Gasteiger partial charge in [0.25, 0.3) is 0 Å². The van der Waals surface area contributed by atoms with E-state index in [0.29, 0.717) is 11.6 Å². The lowest BCUT2D eigenvalue weighted by molar-refractivity contribution is 0.0334. The van der Waals surface area contributed by atoms with Crippen LogP contribution >= 0.6 is 15.9 Å². The Morgan fingerprint density at radius 1 is 1.57 bits per heavy atom. The molecule has 1 aliphatic carbocycles. The molecule has 2 heteroatoms. The zero-order valence-corrected chi connectivity index (χ0v) is 5.78. The van der Waals surface area contributed by atoms with Crippen molar-refractivity contribution in [3.05, 3.63) is 0 Å². The first-order valence-corrected chi connectivity index (χ1v) is 3.73. The zero-order valence-electron chi connectivity index (χ0n) is 4.19. The average Bonchev–Trinajstić information content (AvgIpc) is 1.55. The molecule has 0 aromatic heterocycles. The summed E-state index contributed by atoms with van der Waals surface area (Å²) in [6.45, 7) is 0. The van der Waals surface area contributed by atoms with E-state index in [-0.39, 0.29) is 0 Å². The maximum atomic E-state index is 5.19. The summed E-state index contributed by atoms with van der Waals surface area (Å²) >= 11 is 3.20. The van der Waals surface area contributed by atoms with Crippen LogP contribution in [0.2, 0.25) is 0 Å². The van der Waals surface area contributed by atoms with Crippen molar-refractivity contribution in [3.8, 4) is 0 Å². The van der Waals surface area contributed by atoms with Crippen molar-refractivity contribution < 1.29 is 4.74 Å². The third kappa shape index (κ3) is 1.42. The van der Waals surface area contributed by atoms with Crippen LogP contribution in [0.3, 0.4) is 0 Å². The normalized spacial score (nSPS) is 21.9. The first-order valence-electron chi connectivity index (χ1n) is 2.61. The highest BCUT2D eigenvalue weighted by molar-refractivity contribution is 9.09. The summed E-state index contributed by atoms with van der Waals surface area (Å²) in [6.07, 6.45) is 4.48. The van der Waals surface area contributed by atoms with E-state index in [1.165, 1.54) is 19.3 Å². The second kappa shape index (κ2) is 2.68. The van der Waals surface area contributed by atoms with E-state index in [4.69, 9.17) is 4.74 Å². The van der Waals surface area contributed by atoms with Crippen LogP contribution in [0.5, 0.6) is 0 Å². The predicted octanol–water partition coefficient (Wildman–Crippen LogP) is 1.91. The molecule has 0 unspecified atom stereocenters. The highest BCUT2D eigenvalue weighted by Crippen LogP contribution is 2.21. The molecule has 42 valence electrons. The van der Waals surface area contributed by atoms with E-state index in [0.717, 1.165) is 0 Å². The van der Waals surface area contributed by atoms with Gasteiger partial charge in [-0.25, -0.2) is 0 Å². The Kier molecular flexibility index (Phi) is 2.13. The molecule has 1 nitrogen and oxygen atoms in total.